The van der Waals surface area contributed by atoms with E-state index in [0.717, 1.165) is 44.9 Å². The Morgan fingerprint density at radius 3 is 2.36 bits per heavy atom. The second kappa shape index (κ2) is 11.9. The van der Waals surface area contributed by atoms with Gasteiger partial charge in [0, 0.05) is 45.6 Å². The molecule has 2 N–H and O–H groups in total. The first-order valence-corrected chi connectivity index (χ1v) is 9.64. The number of hydrogen-bond acceptors (Lipinski definition) is 3. The standard InChI is InChI=1S/C20H33N3O2/c1-25-17-7-5-3-2-4-6-8-18-9-11-19(12-10-18)22-20(24)23-15-13-21-14-16-23/h9-12,21H,2-8,13-17H2,1H3,(H,22,24). The lowest BCUT2D eigenvalue weighted by Crippen LogP contribution is -2.48. The van der Waals surface area contributed by atoms with E-state index in [2.05, 4.69) is 22.8 Å². The van der Waals surface area contributed by atoms with E-state index in [1.165, 1.54) is 44.1 Å². The minimum atomic E-state index is 0.00252. The lowest BCUT2D eigenvalue weighted by atomic mass is 10.0. The molecule has 1 fully saturated rings. The van der Waals surface area contributed by atoms with Gasteiger partial charge in [-0.1, -0.05) is 37.8 Å². The fraction of sp³-hybridized carbons (Fsp3) is 0.650. The zero-order valence-corrected chi connectivity index (χ0v) is 15.6. The molecular weight excluding hydrogens is 314 g/mol. The van der Waals surface area contributed by atoms with Gasteiger partial charge in [0.05, 0.1) is 0 Å². The minimum absolute atomic E-state index is 0.00252. The Morgan fingerprint density at radius 2 is 1.68 bits per heavy atom. The van der Waals surface area contributed by atoms with Crippen molar-refractivity contribution in [1.82, 2.24) is 10.2 Å². The quantitative estimate of drug-likeness (QED) is 0.635. The Morgan fingerprint density at radius 1 is 1.04 bits per heavy atom. The third kappa shape index (κ3) is 7.88. The number of rotatable bonds is 10. The van der Waals surface area contributed by atoms with Crippen LogP contribution in [0.5, 0.6) is 0 Å². The van der Waals surface area contributed by atoms with Gasteiger partial charge in [0.15, 0.2) is 0 Å². The molecule has 0 unspecified atom stereocenters. The van der Waals surface area contributed by atoms with Crippen LogP contribution in [0.3, 0.4) is 0 Å². The van der Waals surface area contributed by atoms with Gasteiger partial charge in [0.2, 0.25) is 0 Å². The van der Waals surface area contributed by atoms with Gasteiger partial charge < -0.3 is 20.3 Å². The molecule has 0 bridgehead atoms. The first kappa shape index (κ1) is 19.7. The summed E-state index contributed by atoms with van der Waals surface area (Å²) in [7, 11) is 1.77. The fourth-order valence-corrected chi connectivity index (χ4v) is 3.11. The van der Waals surface area contributed by atoms with Crippen LogP contribution >= 0.6 is 0 Å². The lowest BCUT2D eigenvalue weighted by Gasteiger charge is -2.27. The van der Waals surface area contributed by atoms with Crippen LogP contribution in [0.1, 0.15) is 44.1 Å². The first-order valence-electron chi connectivity index (χ1n) is 9.64. The van der Waals surface area contributed by atoms with Crippen molar-refractivity contribution >= 4 is 11.7 Å². The van der Waals surface area contributed by atoms with Gasteiger partial charge in [0.1, 0.15) is 0 Å². The SMILES string of the molecule is COCCCCCCCCc1ccc(NC(=O)N2CCNCC2)cc1. The average molecular weight is 348 g/mol. The van der Waals surface area contributed by atoms with E-state index in [1.807, 2.05) is 17.0 Å². The summed E-state index contributed by atoms with van der Waals surface area (Å²) in [5.74, 6) is 0. The van der Waals surface area contributed by atoms with E-state index >= 15 is 0 Å². The van der Waals surface area contributed by atoms with Crippen LogP contribution in [0, 0.1) is 0 Å². The molecule has 0 saturated carbocycles. The summed E-state index contributed by atoms with van der Waals surface area (Å²) in [4.78, 5) is 14.0. The average Bonchev–Trinajstić information content (AvgIpc) is 2.66. The van der Waals surface area contributed by atoms with Gasteiger partial charge in [-0.25, -0.2) is 4.79 Å². The molecular formula is C20H33N3O2. The molecule has 2 amide bonds. The van der Waals surface area contributed by atoms with Gasteiger partial charge in [-0.05, 0) is 37.0 Å². The predicted octanol–water partition coefficient (Wildman–Crippen LogP) is 3.65. The number of amides is 2. The molecule has 1 aliphatic rings. The van der Waals surface area contributed by atoms with Crippen molar-refractivity contribution < 1.29 is 9.53 Å². The molecule has 0 radical (unpaired) electrons. The highest BCUT2D eigenvalue weighted by Crippen LogP contribution is 2.14. The molecule has 1 aromatic carbocycles. The molecule has 1 aliphatic heterocycles. The van der Waals surface area contributed by atoms with E-state index in [9.17, 15) is 4.79 Å². The number of urea groups is 1. The molecule has 25 heavy (non-hydrogen) atoms. The number of unbranched alkanes of at least 4 members (excludes halogenated alkanes) is 5. The Bertz CT molecular complexity index is 484. The molecule has 5 nitrogen and oxygen atoms in total. The molecule has 0 aromatic heterocycles. The molecule has 1 aromatic rings. The summed E-state index contributed by atoms with van der Waals surface area (Å²) >= 11 is 0. The van der Waals surface area contributed by atoms with E-state index in [0.29, 0.717) is 0 Å². The summed E-state index contributed by atoms with van der Waals surface area (Å²) in [5.41, 5.74) is 2.23. The van der Waals surface area contributed by atoms with Gasteiger partial charge >= 0.3 is 6.03 Å². The predicted molar refractivity (Wildman–Crippen MR) is 103 cm³/mol. The normalized spacial score (nSPS) is 14.5. The number of hydrogen-bond donors (Lipinski definition) is 2. The maximum atomic E-state index is 12.2. The van der Waals surface area contributed by atoms with Crippen molar-refractivity contribution in [2.45, 2.75) is 44.9 Å². The smallest absolute Gasteiger partial charge is 0.321 e. The summed E-state index contributed by atoms with van der Waals surface area (Å²) < 4.78 is 5.06. The second-order valence-corrected chi connectivity index (χ2v) is 6.73. The first-order chi connectivity index (χ1) is 12.3. The van der Waals surface area contributed by atoms with Crippen LogP contribution in [0.25, 0.3) is 0 Å². The molecule has 2 rings (SSSR count). The summed E-state index contributed by atoms with van der Waals surface area (Å²) in [6.45, 7) is 4.18. The van der Waals surface area contributed by atoms with Gasteiger partial charge in [-0.15, -0.1) is 0 Å². The van der Waals surface area contributed by atoms with Crippen LogP contribution in [0.2, 0.25) is 0 Å². The number of ether oxygens (including phenoxy) is 1. The van der Waals surface area contributed by atoms with Crippen molar-refractivity contribution in [2.24, 2.45) is 0 Å². The maximum Gasteiger partial charge on any atom is 0.321 e. The zero-order chi connectivity index (χ0) is 17.7. The van der Waals surface area contributed by atoms with Crippen LogP contribution in [-0.2, 0) is 11.2 Å². The molecule has 0 aliphatic carbocycles. The maximum absolute atomic E-state index is 12.2. The van der Waals surface area contributed by atoms with Crippen LogP contribution in [0.4, 0.5) is 10.5 Å². The topological polar surface area (TPSA) is 53.6 Å². The fourth-order valence-electron chi connectivity index (χ4n) is 3.11. The molecule has 1 saturated heterocycles. The van der Waals surface area contributed by atoms with Crippen LogP contribution in [0.15, 0.2) is 24.3 Å². The van der Waals surface area contributed by atoms with E-state index in [-0.39, 0.29) is 6.03 Å². The zero-order valence-electron chi connectivity index (χ0n) is 15.6. The number of carbonyl (C=O) groups excluding carboxylic acids is 1. The third-order valence-electron chi connectivity index (χ3n) is 4.67. The molecule has 0 atom stereocenters. The number of anilines is 1. The minimum Gasteiger partial charge on any atom is -0.385 e. The number of nitrogens with one attached hydrogen (secondary N) is 2. The Hall–Kier alpha value is -1.59. The number of carbonyl (C=O) groups is 1. The summed E-state index contributed by atoms with van der Waals surface area (Å²) in [5, 5.41) is 6.24. The van der Waals surface area contributed by atoms with E-state index in [4.69, 9.17) is 4.74 Å². The number of benzene rings is 1. The largest absolute Gasteiger partial charge is 0.385 e. The van der Waals surface area contributed by atoms with Crippen LogP contribution < -0.4 is 10.6 Å². The molecule has 1 heterocycles. The lowest BCUT2D eigenvalue weighted by molar-refractivity contribution is 0.192. The number of aryl methyl sites for hydroxylation is 1. The van der Waals surface area contributed by atoms with E-state index in [1.54, 1.807) is 7.11 Å². The van der Waals surface area contributed by atoms with Gasteiger partial charge in [-0.3, -0.25) is 0 Å². The third-order valence-corrected chi connectivity index (χ3v) is 4.67. The highest BCUT2D eigenvalue weighted by Gasteiger charge is 2.15. The second-order valence-electron chi connectivity index (χ2n) is 6.73. The van der Waals surface area contributed by atoms with Crippen molar-refractivity contribution in [3.63, 3.8) is 0 Å². The van der Waals surface area contributed by atoms with E-state index < -0.39 is 0 Å². The van der Waals surface area contributed by atoms with Crippen molar-refractivity contribution in [2.75, 3.05) is 45.2 Å². The summed E-state index contributed by atoms with van der Waals surface area (Å²) in [6.07, 6.45) is 8.70. The summed E-state index contributed by atoms with van der Waals surface area (Å²) in [6, 6.07) is 8.29. The van der Waals surface area contributed by atoms with Crippen molar-refractivity contribution in [3.8, 4) is 0 Å². The van der Waals surface area contributed by atoms with Gasteiger partial charge in [0.25, 0.3) is 0 Å². The number of piperazine rings is 1. The molecule has 140 valence electrons. The van der Waals surface area contributed by atoms with Crippen LogP contribution in [-0.4, -0.2) is 50.8 Å². The van der Waals surface area contributed by atoms with Crippen molar-refractivity contribution in [3.05, 3.63) is 29.8 Å². The molecule has 5 heteroatoms. The Labute approximate surface area is 152 Å². The Kier molecular flexibility index (Phi) is 9.37. The molecule has 0 spiro atoms. The number of methoxy groups -OCH3 is 1. The number of nitrogens with zero attached hydrogens (tertiary/aromatic N) is 1. The van der Waals surface area contributed by atoms with Crippen molar-refractivity contribution in [1.29, 1.82) is 0 Å². The highest BCUT2D eigenvalue weighted by molar-refractivity contribution is 5.89. The van der Waals surface area contributed by atoms with Gasteiger partial charge in [-0.2, -0.15) is 0 Å². The highest BCUT2D eigenvalue weighted by atomic mass is 16.5. The Balaban J connectivity index is 1.60. The monoisotopic (exact) mass is 347 g/mol.